The number of anilines is 1. The van der Waals surface area contributed by atoms with Gasteiger partial charge in [0.25, 0.3) is 0 Å². The minimum atomic E-state index is -3.87. The Morgan fingerprint density at radius 3 is 2.50 bits per heavy atom. The van der Waals surface area contributed by atoms with Gasteiger partial charge in [-0.25, -0.2) is 12.8 Å². The lowest BCUT2D eigenvalue weighted by Crippen LogP contribution is -2.09. The number of halogens is 3. The molecular formula is C13H10Cl2FNO2S. The van der Waals surface area contributed by atoms with Crippen LogP contribution in [0.25, 0.3) is 0 Å². The van der Waals surface area contributed by atoms with Crippen molar-refractivity contribution in [2.75, 3.05) is 5.73 Å². The van der Waals surface area contributed by atoms with Crippen molar-refractivity contribution in [1.82, 2.24) is 0 Å². The molecule has 0 aliphatic rings. The number of hydrogen-bond acceptors (Lipinski definition) is 3. The minimum absolute atomic E-state index is 0.00689. The van der Waals surface area contributed by atoms with Crippen LogP contribution in [0.1, 0.15) is 5.56 Å². The van der Waals surface area contributed by atoms with E-state index in [0.717, 1.165) is 6.07 Å². The number of rotatable bonds is 3. The molecule has 106 valence electrons. The van der Waals surface area contributed by atoms with E-state index >= 15 is 0 Å². The zero-order valence-electron chi connectivity index (χ0n) is 10.1. The molecule has 0 spiro atoms. The molecule has 0 atom stereocenters. The fraction of sp³-hybridized carbons (Fsp3) is 0.0769. The molecule has 0 amide bonds. The summed E-state index contributed by atoms with van der Waals surface area (Å²) in [5.74, 6) is -1.21. The fourth-order valence-electron chi connectivity index (χ4n) is 1.78. The van der Waals surface area contributed by atoms with E-state index in [4.69, 9.17) is 28.9 Å². The van der Waals surface area contributed by atoms with Gasteiger partial charge in [0.15, 0.2) is 9.84 Å². The molecular weight excluding hydrogens is 324 g/mol. The zero-order chi connectivity index (χ0) is 14.9. The highest BCUT2D eigenvalue weighted by molar-refractivity contribution is 7.91. The SMILES string of the molecule is Nc1cccc(Cl)c1S(=O)(=O)Cc1cc(Cl)ccc1F. The van der Waals surface area contributed by atoms with Gasteiger partial charge in [-0.1, -0.05) is 29.3 Å². The lowest BCUT2D eigenvalue weighted by molar-refractivity contribution is 0.587. The monoisotopic (exact) mass is 333 g/mol. The van der Waals surface area contributed by atoms with Gasteiger partial charge in [0.05, 0.1) is 16.5 Å². The highest BCUT2D eigenvalue weighted by Crippen LogP contribution is 2.30. The quantitative estimate of drug-likeness (QED) is 0.871. The van der Waals surface area contributed by atoms with Crippen molar-refractivity contribution in [3.05, 3.63) is 57.8 Å². The molecule has 0 saturated heterocycles. The van der Waals surface area contributed by atoms with Crippen LogP contribution in [-0.2, 0) is 15.6 Å². The molecule has 0 bridgehead atoms. The van der Waals surface area contributed by atoms with Gasteiger partial charge in [-0.3, -0.25) is 0 Å². The standard InChI is InChI=1S/C13H10Cl2FNO2S/c14-9-4-5-11(16)8(6-9)7-20(18,19)13-10(15)2-1-3-12(13)17/h1-6H,7,17H2. The van der Waals surface area contributed by atoms with Crippen molar-refractivity contribution in [3.8, 4) is 0 Å². The highest BCUT2D eigenvalue weighted by atomic mass is 35.5. The van der Waals surface area contributed by atoms with Crippen LogP contribution in [0.3, 0.4) is 0 Å². The number of sulfone groups is 1. The van der Waals surface area contributed by atoms with Gasteiger partial charge >= 0.3 is 0 Å². The Labute approximate surface area is 126 Å². The maximum absolute atomic E-state index is 13.6. The van der Waals surface area contributed by atoms with Crippen LogP contribution in [0.2, 0.25) is 10.0 Å². The predicted molar refractivity (Wildman–Crippen MR) is 78.2 cm³/mol. The van der Waals surface area contributed by atoms with Crippen molar-refractivity contribution < 1.29 is 12.8 Å². The first-order valence-electron chi connectivity index (χ1n) is 5.52. The van der Waals surface area contributed by atoms with Crippen LogP contribution in [0.5, 0.6) is 0 Å². The van der Waals surface area contributed by atoms with E-state index < -0.39 is 21.4 Å². The van der Waals surface area contributed by atoms with E-state index in [9.17, 15) is 12.8 Å². The first-order chi connectivity index (χ1) is 9.31. The molecule has 2 aromatic rings. The average Bonchev–Trinajstić information content (AvgIpc) is 2.33. The summed E-state index contributed by atoms with van der Waals surface area (Å²) in [4.78, 5) is -0.193. The molecule has 0 aliphatic heterocycles. The number of nitrogens with two attached hydrogens (primary N) is 1. The molecule has 2 aromatic carbocycles. The smallest absolute Gasteiger partial charge is 0.186 e. The topological polar surface area (TPSA) is 60.2 Å². The van der Waals surface area contributed by atoms with Crippen LogP contribution in [0, 0.1) is 5.82 Å². The summed E-state index contributed by atoms with van der Waals surface area (Å²) in [6.07, 6.45) is 0. The molecule has 20 heavy (non-hydrogen) atoms. The van der Waals surface area contributed by atoms with Crippen LogP contribution in [0.15, 0.2) is 41.3 Å². The van der Waals surface area contributed by atoms with E-state index in [0.29, 0.717) is 0 Å². The fourth-order valence-corrected chi connectivity index (χ4v) is 4.08. The largest absolute Gasteiger partial charge is 0.398 e. The summed E-state index contributed by atoms with van der Waals surface area (Å²) in [7, 11) is -3.87. The molecule has 0 fully saturated rings. The van der Waals surface area contributed by atoms with Crippen molar-refractivity contribution >= 4 is 38.7 Å². The van der Waals surface area contributed by atoms with Gasteiger partial charge < -0.3 is 5.73 Å². The van der Waals surface area contributed by atoms with Crippen LogP contribution in [-0.4, -0.2) is 8.42 Å². The van der Waals surface area contributed by atoms with Crippen LogP contribution < -0.4 is 5.73 Å². The molecule has 3 nitrogen and oxygen atoms in total. The minimum Gasteiger partial charge on any atom is -0.398 e. The number of benzene rings is 2. The molecule has 2 N–H and O–H groups in total. The van der Waals surface area contributed by atoms with Gasteiger partial charge in [0, 0.05) is 10.6 Å². The normalized spacial score (nSPS) is 11.6. The predicted octanol–water partition coefficient (Wildman–Crippen LogP) is 3.69. The Morgan fingerprint density at radius 2 is 1.85 bits per heavy atom. The van der Waals surface area contributed by atoms with E-state index in [1.54, 1.807) is 0 Å². The third-order valence-electron chi connectivity index (χ3n) is 2.66. The summed E-state index contributed by atoms with van der Waals surface area (Å²) < 4.78 is 38.3. The molecule has 0 saturated carbocycles. The summed E-state index contributed by atoms with van der Waals surface area (Å²) in [6, 6.07) is 8.10. The number of hydrogen-bond donors (Lipinski definition) is 1. The summed E-state index contributed by atoms with van der Waals surface area (Å²) in [6.45, 7) is 0. The van der Waals surface area contributed by atoms with Gasteiger partial charge in [-0.15, -0.1) is 0 Å². The molecule has 0 radical (unpaired) electrons. The van der Waals surface area contributed by atoms with Crippen molar-refractivity contribution in [2.24, 2.45) is 0 Å². The van der Waals surface area contributed by atoms with Crippen LogP contribution in [0.4, 0.5) is 10.1 Å². The summed E-state index contributed by atoms with van der Waals surface area (Å²) in [5, 5.41) is 0.260. The second kappa shape index (κ2) is 5.60. The number of nitrogen functional groups attached to an aromatic ring is 1. The summed E-state index contributed by atoms with van der Waals surface area (Å²) >= 11 is 11.6. The van der Waals surface area contributed by atoms with E-state index in [-0.39, 0.29) is 26.2 Å². The Kier molecular flexibility index (Phi) is 4.22. The summed E-state index contributed by atoms with van der Waals surface area (Å²) in [5.41, 5.74) is 5.64. The van der Waals surface area contributed by atoms with Crippen molar-refractivity contribution in [1.29, 1.82) is 0 Å². The Balaban J connectivity index is 2.49. The molecule has 0 unspecified atom stereocenters. The molecule has 0 aromatic heterocycles. The maximum atomic E-state index is 13.6. The molecule has 7 heteroatoms. The highest BCUT2D eigenvalue weighted by Gasteiger charge is 2.23. The average molecular weight is 334 g/mol. The molecule has 2 rings (SSSR count). The van der Waals surface area contributed by atoms with E-state index in [2.05, 4.69) is 0 Å². The maximum Gasteiger partial charge on any atom is 0.186 e. The molecule has 0 heterocycles. The second-order valence-electron chi connectivity index (χ2n) is 4.15. The van der Waals surface area contributed by atoms with Gasteiger partial charge in [0.2, 0.25) is 0 Å². The Morgan fingerprint density at radius 1 is 1.15 bits per heavy atom. The lowest BCUT2D eigenvalue weighted by Gasteiger charge is -2.10. The third kappa shape index (κ3) is 3.06. The van der Waals surface area contributed by atoms with Crippen molar-refractivity contribution in [3.63, 3.8) is 0 Å². The van der Waals surface area contributed by atoms with E-state index in [1.165, 1.54) is 30.3 Å². The van der Waals surface area contributed by atoms with Gasteiger partial charge in [0.1, 0.15) is 10.7 Å². The van der Waals surface area contributed by atoms with E-state index in [1.807, 2.05) is 0 Å². The third-order valence-corrected chi connectivity index (χ3v) is 5.09. The van der Waals surface area contributed by atoms with Gasteiger partial charge in [-0.05, 0) is 30.3 Å². The lowest BCUT2D eigenvalue weighted by atomic mass is 10.2. The zero-order valence-corrected chi connectivity index (χ0v) is 12.4. The first-order valence-corrected chi connectivity index (χ1v) is 7.93. The second-order valence-corrected chi connectivity index (χ2v) is 6.92. The van der Waals surface area contributed by atoms with Crippen molar-refractivity contribution in [2.45, 2.75) is 10.6 Å². The van der Waals surface area contributed by atoms with Crippen LogP contribution >= 0.6 is 23.2 Å². The first kappa shape index (κ1) is 15.1. The van der Waals surface area contributed by atoms with Gasteiger partial charge in [-0.2, -0.15) is 0 Å². The Hall–Kier alpha value is -1.30. The Bertz CT molecular complexity index is 743. The molecule has 0 aliphatic carbocycles.